The van der Waals surface area contributed by atoms with Crippen molar-refractivity contribution < 1.29 is 9.84 Å². The lowest BCUT2D eigenvalue weighted by Crippen LogP contribution is -2.34. The highest BCUT2D eigenvalue weighted by Crippen LogP contribution is 2.40. The molecule has 0 bridgehead atoms. The number of nitrogens with two attached hydrogens (primary N) is 1. The lowest BCUT2D eigenvalue weighted by molar-refractivity contribution is 0.190. The molecule has 1 aliphatic heterocycles. The number of rotatable bonds is 8. The van der Waals surface area contributed by atoms with Crippen LogP contribution in [0.2, 0.25) is 0 Å². The number of aliphatic hydroxyl groups excluding tert-OH is 1. The van der Waals surface area contributed by atoms with Crippen molar-refractivity contribution >= 4 is 0 Å². The summed E-state index contributed by atoms with van der Waals surface area (Å²) in [6.07, 6.45) is 9.59. The van der Waals surface area contributed by atoms with E-state index in [-0.39, 0.29) is 6.61 Å². The van der Waals surface area contributed by atoms with Crippen molar-refractivity contribution in [1.29, 1.82) is 0 Å². The number of likely N-dealkylation sites (tertiary alicyclic amines) is 1. The summed E-state index contributed by atoms with van der Waals surface area (Å²) in [5, 5.41) is 9.23. The van der Waals surface area contributed by atoms with Crippen LogP contribution in [0.3, 0.4) is 0 Å². The smallest absolute Gasteiger partial charge is 0.126 e. The molecule has 0 unspecified atom stereocenters. The van der Waals surface area contributed by atoms with Gasteiger partial charge in [0.15, 0.2) is 0 Å². The first kappa shape index (κ1) is 18.7. The molecule has 1 saturated heterocycles. The van der Waals surface area contributed by atoms with E-state index in [1.165, 1.54) is 74.8 Å². The molecule has 140 valence electrons. The molecule has 4 nitrogen and oxygen atoms in total. The number of benzene rings is 1. The van der Waals surface area contributed by atoms with Crippen LogP contribution in [0.5, 0.6) is 5.75 Å². The van der Waals surface area contributed by atoms with E-state index in [0.717, 1.165) is 25.1 Å². The Morgan fingerprint density at radius 1 is 1.12 bits per heavy atom. The third kappa shape index (κ3) is 4.75. The average Bonchev–Trinajstić information content (AvgIpc) is 2.67. The molecule has 2 aliphatic rings. The molecule has 0 spiro atoms. The molecule has 0 radical (unpaired) electrons. The molecular weight excluding hydrogens is 312 g/mol. The van der Waals surface area contributed by atoms with E-state index < -0.39 is 0 Å². The first-order valence-corrected chi connectivity index (χ1v) is 10.1. The van der Waals surface area contributed by atoms with Crippen LogP contribution in [0, 0.1) is 0 Å². The molecule has 1 aromatic carbocycles. The minimum absolute atomic E-state index is 0.0860. The van der Waals surface area contributed by atoms with Crippen molar-refractivity contribution in [3.05, 3.63) is 28.8 Å². The fraction of sp³-hybridized carbons (Fsp3) is 0.714. The first-order valence-electron chi connectivity index (χ1n) is 10.1. The number of hydrogen-bond acceptors (Lipinski definition) is 4. The quantitative estimate of drug-likeness (QED) is 0.711. The lowest BCUT2D eigenvalue weighted by Gasteiger charge is -2.34. The molecule has 3 rings (SSSR count). The first-order chi connectivity index (χ1) is 12.3. The molecule has 1 fully saturated rings. The molecule has 3 N–H and O–H groups in total. The second-order valence-corrected chi connectivity index (χ2v) is 7.51. The van der Waals surface area contributed by atoms with Crippen LogP contribution in [0.15, 0.2) is 12.1 Å². The van der Waals surface area contributed by atoms with Crippen LogP contribution in [0.4, 0.5) is 0 Å². The van der Waals surface area contributed by atoms with Gasteiger partial charge in [0, 0.05) is 0 Å². The Kier molecular flexibility index (Phi) is 7.14. The van der Waals surface area contributed by atoms with E-state index in [1.54, 1.807) is 0 Å². The SMILES string of the molecule is NCCCCN1CCC(c2ccc3c(c2OCCO)CCCC3)CC1. The number of unbranched alkanes of at least 4 members (excludes halogenated alkanes) is 1. The Morgan fingerprint density at radius 2 is 1.92 bits per heavy atom. The highest BCUT2D eigenvalue weighted by Gasteiger charge is 2.26. The van der Waals surface area contributed by atoms with Crippen LogP contribution >= 0.6 is 0 Å². The molecule has 25 heavy (non-hydrogen) atoms. The highest BCUT2D eigenvalue weighted by atomic mass is 16.5. The third-order valence-corrected chi connectivity index (χ3v) is 5.80. The summed E-state index contributed by atoms with van der Waals surface area (Å²) in [6, 6.07) is 4.65. The standard InChI is InChI=1S/C21H34N2O2/c22-11-3-4-12-23-13-9-18(10-14-23)20-8-7-17-5-1-2-6-19(17)21(20)25-16-15-24/h7-8,18,24H,1-6,9-16,22H2. The summed E-state index contributed by atoms with van der Waals surface area (Å²) in [7, 11) is 0. The minimum atomic E-state index is 0.0860. The molecule has 0 saturated carbocycles. The van der Waals surface area contributed by atoms with Gasteiger partial charge in [-0.05, 0) is 100 Å². The number of hydrogen-bond donors (Lipinski definition) is 2. The van der Waals surface area contributed by atoms with E-state index in [1.807, 2.05) is 0 Å². The van der Waals surface area contributed by atoms with Gasteiger partial charge in [0.2, 0.25) is 0 Å². The van der Waals surface area contributed by atoms with E-state index in [9.17, 15) is 5.11 Å². The summed E-state index contributed by atoms with van der Waals surface area (Å²) in [6.45, 7) is 4.82. The molecule has 0 atom stereocenters. The Bertz CT molecular complexity index is 539. The normalized spacial score (nSPS) is 19.0. The van der Waals surface area contributed by atoms with Crippen molar-refractivity contribution in [3.8, 4) is 5.75 Å². The number of aryl methyl sites for hydroxylation is 1. The van der Waals surface area contributed by atoms with Crippen molar-refractivity contribution in [2.75, 3.05) is 39.4 Å². The van der Waals surface area contributed by atoms with Crippen molar-refractivity contribution in [2.45, 2.75) is 57.3 Å². The second-order valence-electron chi connectivity index (χ2n) is 7.51. The van der Waals surface area contributed by atoms with E-state index >= 15 is 0 Å². The summed E-state index contributed by atoms with van der Waals surface area (Å²) < 4.78 is 6.07. The molecule has 0 amide bonds. The number of fused-ring (bicyclic) bond motifs is 1. The molecular formula is C21H34N2O2. The van der Waals surface area contributed by atoms with Crippen LogP contribution in [-0.2, 0) is 12.8 Å². The Balaban J connectivity index is 1.69. The van der Waals surface area contributed by atoms with Gasteiger partial charge >= 0.3 is 0 Å². The summed E-state index contributed by atoms with van der Waals surface area (Å²) in [4.78, 5) is 2.58. The highest BCUT2D eigenvalue weighted by molar-refractivity contribution is 5.49. The monoisotopic (exact) mass is 346 g/mol. The second kappa shape index (κ2) is 9.56. The Morgan fingerprint density at radius 3 is 2.68 bits per heavy atom. The fourth-order valence-electron chi connectivity index (χ4n) is 4.40. The maximum Gasteiger partial charge on any atom is 0.126 e. The van der Waals surface area contributed by atoms with Crippen LogP contribution in [-0.4, -0.2) is 49.4 Å². The summed E-state index contributed by atoms with van der Waals surface area (Å²) in [5.41, 5.74) is 9.87. The van der Waals surface area contributed by atoms with Crippen LogP contribution in [0.1, 0.15) is 61.1 Å². The van der Waals surface area contributed by atoms with E-state index in [4.69, 9.17) is 10.5 Å². The zero-order valence-corrected chi connectivity index (χ0v) is 15.5. The van der Waals surface area contributed by atoms with Crippen molar-refractivity contribution in [2.24, 2.45) is 5.73 Å². The maximum absolute atomic E-state index is 9.23. The zero-order valence-electron chi connectivity index (χ0n) is 15.5. The number of ether oxygens (including phenoxy) is 1. The van der Waals surface area contributed by atoms with Gasteiger partial charge in [-0.25, -0.2) is 0 Å². The average molecular weight is 347 g/mol. The van der Waals surface area contributed by atoms with Gasteiger partial charge in [0.05, 0.1) is 6.61 Å². The third-order valence-electron chi connectivity index (χ3n) is 5.80. The molecule has 1 aliphatic carbocycles. The fourth-order valence-corrected chi connectivity index (χ4v) is 4.40. The number of piperidine rings is 1. The lowest BCUT2D eigenvalue weighted by atomic mass is 9.83. The van der Waals surface area contributed by atoms with Gasteiger partial charge in [-0.15, -0.1) is 0 Å². The number of nitrogens with zero attached hydrogens (tertiary/aromatic N) is 1. The summed E-state index contributed by atoms with van der Waals surface area (Å²) in [5.74, 6) is 1.69. The topological polar surface area (TPSA) is 58.7 Å². The molecule has 4 heteroatoms. The van der Waals surface area contributed by atoms with Gasteiger partial charge in [0.1, 0.15) is 12.4 Å². The molecule has 1 heterocycles. The van der Waals surface area contributed by atoms with Crippen molar-refractivity contribution in [3.63, 3.8) is 0 Å². The summed E-state index contributed by atoms with van der Waals surface area (Å²) >= 11 is 0. The van der Waals surface area contributed by atoms with Crippen molar-refractivity contribution in [1.82, 2.24) is 4.90 Å². The van der Waals surface area contributed by atoms with Crippen LogP contribution < -0.4 is 10.5 Å². The van der Waals surface area contributed by atoms with Gasteiger partial charge in [-0.2, -0.15) is 0 Å². The minimum Gasteiger partial charge on any atom is -0.491 e. The predicted molar refractivity (Wildman–Crippen MR) is 102 cm³/mol. The molecule has 0 aromatic heterocycles. The zero-order chi connectivity index (χ0) is 17.5. The predicted octanol–water partition coefficient (Wildman–Crippen LogP) is 2.85. The number of aliphatic hydroxyl groups is 1. The maximum atomic E-state index is 9.23. The van der Waals surface area contributed by atoms with Gasteiger partial charge in [0.25, 0.3) is 0 Å². The van der Waals surface area contributed by atoms with Gasteiger partial charge < -0.3 is 20.5 Å². The van der Waals surface area contributed by atoms with E-state index in [2.05, 4.69) is 17.0 Å². The van der Waals surface area contributed by atoms with Gasteiger partial charge in [-0.1, -0.05) is 12.1 Å². The molecule has 1 aromatic rings. The van der Waals surface area contributed by atoms with Gasteiger partial charge in [-0.3, -0.25) is 0 Å². The largest absolute Gasteiger partial charge is 0.491 e. The van der Waals surface area contributed by atoms with Crippen LogP contribution in [0.25, 0.3) is 0 Å². The Labute approximate surface area is 152 Å². The van der Waals surface area contributed by atoms with E-state index in [0.29, 0.717) is 12.5 Å². The Hall–Kier alpha value is -1.10.